The Morgan fingerprint density at radius 1 is 1.28 bits per heavy atom. The SMILES string of the molecule is CCc1nsc(Oc2cccc3c2CCCC3)n1. The van der Waals surface area contributed by atoms with Crippen molar-refractivity contribution in [1.29, 1.82) is 0 Å². The lowest BCUT2D eigenvalue weighted by Crippen LogP contribution is -2.04. The zero-order chi connectivity index (χ0) is 12.4. The van der Waals surface area contributed by atoms with Gasteiger partial charge in [-0.25, -0.2) is 0 Å². The molecule has 94 valence electrons. The summed E-state index contributed by atoms with van der Waals surface area (Å²) in [6, 6.07) is 6.32. The van der Waals surface area contributed by atoms with Gasteiger partial charge in [0.25, 0.3) is 5.19 Å². The van der Waals surface area contributed by atoms with Crippen molar-refractivity contribution in [3.63, 3.8) is 0 Å². The Kier molecular flexibility index (Phi) is 3.28. The Hall–Kier alpha value is -1.42. The highest BCUT2D eigenvalue weighted by molar-refractivity contribution is 7.07. The Bertz CT molecular complexity index is 550. The molecular weight excluding hydrogens is 244 g/mol. The lowest BCUT2D eigenvalue weighted by Gasteiger charge is -2.18. The first kappa shape index (κ1) is 11.7. The quantitative estimate of drug-likeness (QED) is 0.842. The molecule has 0 amide bonds. The van der Waals surface area contributed by atoms with Crippen LogP contribution in [0, 0.1) is 0 Å². The molecule has 0 aliphatic heterocycles. The highest BCUT2D eigenvalue weighted by Gasteiger charge is 2.15. The van der Waals surface area contributed by atoms with Gasteiger partial charge in [0.2, 0.25) is 0 Å². The van der Waals surface area contributed by atoms with Crippen LogP contribution in [-0.2, 0) is 19.3 Å². The van der Waals surface area contributed by atoms with Gasteiger partial charge in [-0.05, 0) is 42.9 Å². The summed E-state index contributed by atoms with van der Waals surface area (Å²) in [4.78, 5) is 4.36. The van der Waals surface area contributed by atoms with Gasteiger partial charge in [0.1, 0.15) is 11.6 Å². The molecule has 2 aromatic rings. The van der Waals surface area contributed by atoms with Crippen molar-refractivity contribution in [3.05, 3.63) is 35.2 Å². The topological polar surface area (TPSA) is 35.0 Å². The third-order valence-corrected chi connectivity index (χ3v) is 3.95. The molecule has 0 radical (unpaired) electrons. The van der Waals surface area contributed by atoms with E-state index in [4.69, 9.17) is 4.74 Å². The van der Waals surface area contributed by atoms with Crippen molar-refractivity contribution in [2.45, 2.75) is 39.0 Å². The molecule has 0 bridgehead atoms. The fourth-order valence-corrected chi connectivity index (χ4v) is 2.99. The number of aromatic nitrogens is 2. The zero-order valence-corrected chi connectivity index (χ0v) is 11.3. The van der Waals surface area contributed by atoms with E-state index in [1.165, 1.54) is 41.9 Å². The Morgan fingerprint density at radius 2 is 2.17 bits per heavy atom. The number of ether oxygens (including phenoxy) is 1. The summed E-state index contributed by atoms with van der Waals surface area (Å²) in [5, 5.41) is 0.658. The van der Waals surface area contributed by atoms with E-state index in [-0.39, 0.29) is 0 Å². The number of fused-ring (bicyclic) bond motifs is 1. The number of hydrogen-bond acceptors (Lipinski definition) is 4. The second kappa shape index (κ2) is 5.06. The summed E-state index contributed by atoms with van der Waals surface area (Å²) in [6.07, 6.45) is 5.68. The van der Waals surface area contributed by atoms with Crippen LogP contribution in [0.25, 0.3) is 0 Å². The molecule has 1 aliphatic rings. The number of hydrogen-bond donors (Lipinski definition) is 0. The molecule has 1 heterocycles. The Labute approximate surface area is 111 Å². The molecule has 4 heteroatoms. The van der Waals surface area contributed by atoms with Gasteiger partial charge in [0.15, 0.2) is 0 Å². The van der Waals surface area contributed by atoms with E-state index >= 15 is 0 Å². The minimum Gasteiger partial charge on any atom is -0.430 e. The summed E-state index contributed by atoms with van der Waals surface area (Å²) in [5.41, 5.74) is 2.79. The van der Waals surface area contributed by atoms with E-state index in [0.717, 1.165) is 24.4 Å². The van der Waals surface area contributed by atoms with Crippen LogP contribution in [-0.4, -0.2) is 9.36 Å². The second-order valence-corrected chi connectivity index (χ2v) is 5.25. The summed E-state index contributed by atoms with van der Waals surface area (Å²) in [6.45, 7) is 2.05. The van der Waals surface area contributed by atoms with E-state index in [0.29, 0.717) is 5.19 Å². The highest BCUT2D eigenvalue weighted by Crippen LogP contribution is 2.33. The lowest BCUT2D eigenvalue weighted by molar-refractivity contribution is 0.465. The summed E-state index contributed by atoms with van der Waals surface area (Å²) < 4.78 is 10.2. The minimum absolute atomic E-state index is 0.658. The maximum Gasteiger partial charge on any atom is 0.298 e. The molecule has 0 atom stereocenters. The van der Waals surface area contributed by atoms with Gasteiger partial charge >= 0.3 is 0 Å². The fraction of sp³-hybridized carbons (Fsp3) is 0.429. The molecule has 0 N–H and O–H groups in total. The molecule has 3 rings (SSSR count). The van der Waals surface area contributed by atoms with Gasteiger partial charge < -0.3 is 4.74 Å². The zero-order valence-electron chi connectivity index (χ0n) is 10.5. The molecule has 1 aromatic heterocycles. The predicted molar refractivity (Wildman–Crippen MR) is 72.4 cm³/mol. The molecule has 0 unspecified atom stereocenters. The Balaban J connectivity index is 1.88. The van der Waals surface area contributed by atoms with Crippen molar-refractivity contribution < 1.29 is 4.74 Å². The molecule has 0 spiro atoms. The number of rotatable bonds is 3. The maximum absolute atomic E-state index is 5.90. The number of benzene rings is 1. The van der Waals surface area contributed by atoms with Crippen molar-refractivity contribution in [2.75, 3.05) is 0 Å². The van der Waals surface area contributed by atoms with E-state index in [1.54, 1.807) is 0 Å². The maximum atomic E-state index is 5.90. The fourth-order valence-electron chi connectivity index (χ4n) is 2.36. The Morgan fingerprint density at radius 3 is 3.00 bits per heavy atom. The van der Waals surface area contributed by atoms with Crippen LogP contribution < -0.4 is 4.74 Å². The van der Waals surface area contributed by atoms with Gasteiger partial charge in [-0.1, -0.05) is 19.1 Å². The van der Waals surface area contributed by atoms with E-state index in [9.17, 15) is 0 Å². The van der Waals surface area contributed by atoms with Gasteiger partial charge in [-0.15, -0.1) is 0 Å². The average molecular weight is 260 g/mol. The minimum atomic E-state index is 0.658. The molecule has 1 aliphatic carbocycles. The first-order valence-electron chi connectivity index (χ1n) is 6.48. The van der Waals surface area contributed by atoms with Crippen molar-refractivity contribution in [3.8, 4) is 10.9 Å². The molecule has 0 saturated carbocycles. The smallest absolute Gasteiger partial charge is 0.298 e. The largest absolute Gasteiger partial charge is 0.430 e. The average Bonchev–Trinajstić information content (AvgIpc) is 2.87. The van der Waals surface area contributed by atoms with Crippen LogP contribution in [0.3, 0.4) is 0 Å². The third-order valence-electron chi connectivity index (χ3n) is 3.32. The molecule has 0 saturated heterocycles. The van der Waals surface area contributed by atoms with E-state index < -0.39 is 0 Å². The summed E-state index contributed by atoms with van der Waals surface area (Å²) in [5.74, 6) is 1.82. The molecule has 1 aromatic carbocycles. The molecule has 3 nitrogen and oxygen atoms in total. The first-order chi connectivity index (χ1) is 8.86. The summed E-state index contributed by atoms with van der Waals surface area (Å²) >= 11 is 1.34. The third kappa shape index (κ3) is 2.25. The van der Waals surface area contributed by atoms with Crippen LogP contribution in [0.4, 0.5) is 0 Å². The van der Waals surface area contributed by atoms with Gasteiger partial charge in [0.05, 0.1) is 0 Å². The second-order valence-electron chi connectivity index (χ2n) is 4.53. The standard InChI is InChI=1S/C14H16N2OS/c1-2-13-15-14(18-16-13)17-12-9-5-7-10-6-3-4-8-11(10)12/h5,7,9H,2-4,6,8H2,1H3. The van der Waals surface area contributed by atoms with E-state index in [1.807, 2.05) is 6.07 Å². The van der Waals surface area contributed by atoms with Crippen LogP contribution >= 0.6 is 11.5 Å². The van der Waals surface area contributed by atoms with Crippen LogP contribution in [0.15, 0.2) is 18.2 Å². The number of aryl methyl sites for hydroxylation is 2. The van der Waals surface area contributed by atoms with Gasteiger partial charge in [0, 0.05) is 18.0 Å². The monoisotopic (exact) mass is 260 g/mol. The lowest BCUT2D eigenvalue weighted by atomic mass is 9.91. The summed E-state index contributed by atoms with van der Waals surface area (Å²) in [7, 11) is 0. The van der Waals surface area contributed by atoms with Gasteiger partial charge in [-0.2, -0.15) is 9.36 Å². The normalized spacial score (nSPS) is 14.3. The molecule has 18 heavy (non-hydrogen) atoms. The first-order valence-corrected chi connectivity index (χ1v) is 7.25. The molecular formula is C14H16N2OS. The van der Waals surface area contributed by atoms with Gasteiger partial charge in [-0.3, -0.25) is 0 Å². The van der Waals surface area contributed by atoms with Crippen molar-refractivity contribution in [1.82, 2.24) is 9.36 Å². The van der Waals surface area contributed by atoms with Crippen molar-refractivity contribution >= 4 is 11.5 Å². The molecule has 0 fully saturated rings. The number of nitrogens with zero attached hydrogens (tertiary/aromatic N) is 2. The van der Waals surface area contributed by atoms with Crippen LogP contribution in [0.5, 0.6) is 10.9 Å². The van der Waals surface area contributed by atoms with E-state index in [2.05, 4.69) is 28.4 Å². The van der Waals surface area contributed by atoms with Crippen LogP contribution in [0.1, 0.15) is 36.7 Å². The van der Waals surface area contributed by atoms with Crippen LogP contribution in [0.2, 0.25) is 0 Å². The highest BCUT2D eigenvalue weighted by atomic mass is 32.1. The predicted octanol–water partition coefficient (Wildman–Crippen LogP) is 3.77. The van der Waals surface area contributed by atoms with Crippen molar-refractivity contribution in [2.24, 2.45) is 0 Å².